The number of benzene rings is 1. The van der Waals surface area contributed by atoms with Crippen molar-refractivity contribution < 1.29 is 4.79 Å². The first kappa shape index (κ1) is 20.6. The fourth-order valence-corrected chi connectivity index (χ4v) is 4.19. The lowest BCUT2D eigenvalue weighted by Crippen LogP contribution is -2.43. The number of amides is 1. The molecule has 0 radical (unpaired) electrons. The summed E-state index contributed by atoms with van der Waals surface area (Å²) in [6, 6.07) is 10.4. The van der Waals surface area contributed by atoms with Gasteiger partial charge in [0.2, 0.25) is 5.91 Å². The number of thioether (sulfide) groups is 1. The molecule has 1 saturated heterocycles. The molecule has 2 aromatic heterocycles. The number of piperidine rings is 1. The molecule has 1 aliphatic rings. The molecule has 3 heterocycles. The second-order valence-electron chi connectivity index (χ2n) is 7.78. The van der Waals surface area contributed by atoms with Crippen molar-refractivity contribution >= 4 is 34.5 Å². The Morgan fingerprint density at radius 2 is 1.97 bits per heavy atom. The van der Waals surface area contributed by atoms with Crippen LogP contribution in [0.2, 0.25) is 0 Å². The summed E-state index contributed by atoms with van der Waals surface area (Å²) in [4.78, 5) is 29.9. The lowest BCUT2D eigenvalue weighted by atomic mass is 9.96. The van der Waals surface area contributed by atoms with E-state index in [2.05, 4.69) is 55.7 Å². The maximum absolute atomic E-state index is 12.8. The van der Waals surface area contributed by atoms with E-state index in [0.717, 1.165) is 47.5 Å². The molecular weight excluding hydrogens is 394 g/mol. The van der Waals surface area contributed by atoms with Gasteiger partial charge in [0.15, 0.2) is 5.65 Å². The van der Waals surface area contributed by atoms with Crippen molar-refractivity contribution in [3.05, 3.63) is 53.5 Å². The lowest BCUT2D eigenvalue weighted by Gasteiger charge is -2.33. The molecule has 0 spiro atoms. The van der Waals surface area contributed by atoms with Gasteiger partial charge in [0.1, 0.15) is 5.52 Å². The van der Waals surface area contributed by atoms with Gasteiger partial charge in [-0.25, -0.2) is 15.0 Å². The first-order valence-corrected chi connectivity index (χ1v) is 11.5. The smallest absolute Gasteiger partial charge is 0.225 e. The number of nitrogens with zero attached hydrogens (tertiary/aromatic N) is 4. The maximum atomic E-state index is 12.8. The summed E-state index contributed by atoms with van der Waals surface area (Å²) < 4.78 is 0. The molecule has 0 saturated carbocycles. The predicted octanol–water partition coefficient (Wildman–Crippen LogP) is 3.90. The predicted molar refractivity (Wildman–Crippen MR) is 122 cm³/mol. The molecule has 0 bridgehead atoms. The van der Waals surface area contributed by atoms with E-state index in [1.54, 1.807) is 11.8 Å². The van der Waals surface area contributed by atoms with Crippen LogP contribution in [0, 0.1) is 19.8 Å². The zero-order valence-corrected chi connectivity index (χ0v) is 18.5. The van der Waals surface area contributed by atoms with Gasteiger partial charge in [-0.2, -0.15) is 0 Å². The molecule has 1 N–H and O–H groups in total. The number of nitrogens with one attached hydrogen (secondary N) is 1. The minimum Gasteiger partial charge on any atom is -0.369 e. The largest absolute Gasteiger partial charge is 0.369 e. The van der Waals surface area contributed by atoms with Gasteiger partial charge < -0.3 is 10.2 Å². The molecular formula is C23H27N5OS. The Balaban J connectivity index is 1.41. The van der Waals surface area contributed by atoms with E-state index in [1.165, 1.54) is 4.90 Å². The van der Waals surface area contributed by atoms with Crippen LogP contribution in [-0.4, -0.2) is 40.2 Å². The van der Waals surface area contributed by atoms with Crippen LogP contribution < -0.4 is 10.2 Å². The third-order valence-electron chi connectivity index (χ3n) is 5.70. The molecule has 7 heteroatoms. The van der Waals surface area contributed by atoms with E-state index < -0.39 is 0 Å². The Morgan fingerprint density at radius 3 is 2.73 bits per heavy atom. The van der Waals surface area contributed by atoms with Gasteiger partial charge in [-0.3, -0.25) is 4.79 Å². The van der Waals surface area contributed by atoms with Crippen molar-refractivity contribution in [2.45, 2.75) is 38.1 Å². The Kier molecular flexibility index (Phi) is 6.18. The number of carbonyl (C=O) groups excluding carboxylic acids is 1. The van der Waals surface area contributed by atoms with Crippen LogP contribution in [-0.2, 0) is 11.3 Å². The molecule has 4 rings (SSSR count). The molecule has 1 atom stereocenters. The van der Waals surface area contributed by atoms with Crippen molar-refractivity contribution in [1.29, 1.82) is 0 Å². The number of pyridine rings is 1. The second kappa shape index (κ2) is 9.00. The van der Waals surface area contributed by atoms with Crippen molar-refractivity contribution in [3.8, 4) is 0 Å². The average molecular weight is 422 g/mol. The molecule has 1 amide bonds. The van der Waals surface area contributed by atoms with Crippen molar-refractivity contribution in [2.24, 2.45) is 5.92 Å². The van der Waals surface area contributed by atoms with E-state index in [-0.39, 0.29) is 11.8 Å². The van der Waals surface area contributed by atoms with Gasteiger partial charge in [-0.05, 0) is 56.7 Å². The summed E-state index contributed by atoms with van der Waals surface area (Å²) in [7, 11) is 0. The third kappa shape index (κ3) is 4.56. The zero-order chi connectivity index (χ0) is 21.1. The van der Waals surface area contributed by atoms with E-state index in [9.17, 15) is 4.79 Å². The molecule has 1 fully saturated rings. The summed E-state index contributed by atoms with van der Waals surface area (Å²) in [6.45, 7) is 6.09. The lowest BCUT2D eigenvalue weighted by molar-refractivity contribution is -0.125. The minimum atomic E-state index is -0.0224. The molecule has 6 nitrogen and oxygen atoms in total. The first-order chi connectivity index (χ1) is 14.5. The third-order valence-corrected chi connectivity index (χ3v) is 6.44. The standard InChI is InChI=1S/C23H27N5OS/c1-15-16(2)27-22-21(26-15)11-19(13-24-22)28-10-4-5-18(14-28)23(29)25-12-17-6-8-20(30-3)9-7-17/h6-9,11,13,18H,4-5,10,12,14H2,1-3H3,(H,25,29)/t18-/m1/s1. The average Bonchev–Trinajstić information content (AvgIpc) is 2.78. The number of aromatic nitrogens is 3. The van der Waals surface area contributed by atoms with Gasteiger partial charge in [0.25, 0.3) is 0 Å². The Labute approximate surface area is 181 Å². The summed E-state index contributed by atoms with van der Waals surface area (Å²) in [5.41, 5.74) is 5.42. The van der Waals surface area contributed by atoms with Crippen molar-refractivity contribution in [3.63, 3.8) is 0 Å². The number of hydrogen-bond donors (Lipinski definition) is 1. The van der Waals surface area contributed by atoms with Gasteiger partial charge in [-0.1, -0.05) is 12.1 Å². The maximum Gasteiger partial charge on any atom is 0.225 e. The van der Waals surface area contributed by atoms with Gasteiger partial charge in [0.05, 0.1) is 29.2 Å². The highest BCUT2D eigenvalue weighted by atomic mass is 32.2. The second-order valence-corrected chi connectivity index (χ2v) is 8.66. The number of fused-ring (bicyclic) bond motifs is 1. The molecule has 0 aliphatic carbocycles. The van der Waals surface area contributed by atoms with E-state index in [0.29, 0.717) is 18.7 Å². The van der Waals surface area contributed by atoms with Crippen LogP contribution in [0.5, 0.6) is 0 Å². The summed E-state index contributed by atoms with van der Waals surface area (Å²) in [6.07, 6.45) is 5.80. The van der Waals surface area contributed by atoms with Gasteiger partial charge >= 0.3 is 0 Å². The van der Waals surface area contributed by atoms with Gasteiger partial charge in [-0.15, -0.1) is 11.8 Å². The van der Waals surface area contributed by atoms with Gasteiger partial charge in [0, 0.05) is 24.5 Å². The van der Waals surface area contributed by atoms with Crippen LogP contribution in [0.4, 0.5) is 5.69 Å². The molecule has 0 unspecified atom stereocenters. The van der Waals surface area contributed by atoms with E-state index in [4.69, 9.17) is 0 Å². The SMILES string of the molecule is CSc1ccc(CNC(=O)[C@@H]2CCCN(c3cnc4nc(C)c(C)nc4c3)C2)cc1. The van der Waals surface area contributed by atoms with E-state index >= 15 is 0 Å². The molecule has 1 aliphatic heterocycles. The van der Waals surface area contributed by atoms with E-state index in [1.807, 2.05) is 26.1 Å². The Bertz CT molecular complexity index is 1050. The molecule has 1 aromatic carbocycles. The van der Waals surface area contributed by atoms with Crippen molar-refractivity contribution in [2.75, 3.05) is 24.2 Å². The van der Waals surface area contributed by atoms with Crippen LogP contribution >= 0.6 is 11.8 Å². The summed E-state index contributed by atoms with van der Waals surface area (Å²) in [5, 5.41) is 3.11. The highest BCUT2D eigenvalue weighted by Gasteiger charge is 2.26. The Morgan fingerprint density at radius 1 is 1.20 bits per heavy atom. The van der Waals surface area contributed by atoms with Crippen LogP contribution in [0.3, 0.4) is 0 Å². The number of carbonyl (C=O) groups is 1. The minimum absolute atomic E-state index is 0.0224. The van der Waals surface area contributed by atoms with Crippen molar-refractivity contribution in [1.82, 2.24) is 20.3 Å². The quantitative estimate of drug-likeness (QED) is 0.630. The molecule has 3 aromatic rings. The first-order valence-electron chi connectivity index (χ1n) is 10.3. The molecule has 156 valence electrons. The van der Waals surface area contributed by atoms with Crippen LogP contribution in [0.25, 0.3) is 11.2 Å². The summed E-state index contributed by atoms with van der Waals surface area (Å²) in [5.74, 6) is 0.0967. The van der Waals surface area contributed by atoms with Crippen LogP contribution in [0.1, 0.15) is 29.8 Å². The highest BCUT2D eigenvalue weighted by molar-refractivity contribution is 7.98. The number of rotatable bonds is 5. The number of anilines is 1. The highest BCUT2D eigenvalue weighted by Crippen LogP contribution is 2.25. The number of hydrogen-bond acceptors (Lipinski definition) is 6. The normalized spacial score (nSPS) is 16.6. The monoisotopic (exact) mass is 421 g/mol. The Hall–Kier alpha value is -2.67. The zero-order valence-electron chi connectivity index (χ0n) is 17.7. The fourth-order valence-electron chi connectivity index (χ4n) is 3.78. The van der Waals surface area contributed by atoms with Crippen LogP contribution in [0.15, 0.2) is 41.4 Å². The number of aryl methyl sites for hydroxylation is 2. The molecule has 30 heavy (non-hydrogen) atoms. The summed E-state index contributed by atoms with van der Waals surface area (Å²) >= 11 is 1.72. The topological polar surface area (TPSA) is 71.0 Å². The fraction of sp³-hybridized carbons (Fsp3) is 0.391.